The summed E-state index contributed by atoms with van der Waals surface area (Å²) in [5.74, 6) is 0. The minimum Gasteiger partial charge on any atom is -0.332 e. The van der Waals surface area contributed by atoms with E-state index in [9.17, 15) is 0 Å². The first-order valence-corrected chi connectivity index (χ1v) is 7.91. The molecule has 1 aromatic heterocycles. The lowest BCUT2D eigenvalue weighted by Crippen LogP contribution is -2.01. The van der Waals surface area contributed by atoms with Crippen LogP contribution >= 0.6 is 15.9 Å². The average molecular weight is 333 g/mol. The Hall–Kier alpha value is -1.35. The van der Waals surface area contributed by atoms with Gasteiger partial charge in [-0.15, -0.1) is 0 Å². The first kappa shape index (κ1) is 15.0. The van der Waals surface area contributed by atoms with Crippen LogP contribution in [0.5, 0.6) is 0 Å². The maximum atomic E-state index is 4.60. The normalized spacial score (nSPS) is 11.6. The predicted octanol–water partition coefficient (Wildman–Crippen LogP) is 5.35. The Morgan fingerprint density at radius 3 is 2.65 bits per heavy atom. The standard InChI is InChI=1S/C17H21BrN2/c1-5-8-10-14-12(7-3)13(9-6-2)11(4)15-16(14)20-17(18)19-15/h5,8,10H,1,6-7,9H2,2-4H3,(H,19,20). The Morgan fingerprint density at radius 1 is 1.30 bits per heavy atom. The van der Waals surface area contributed by atoms with Crippen LogP contribution in [0.15, 0.2) is 23.5 Å². The number of aromatic nitrogens is 2. The largest absolute Gasteiger partial charge is 0.332 e. The third kappa shape index (κ3) is 2.59. The molecule has 0 aliphatic carbocycles. The molecule has 1 N–H and O–H groups in total. The van der Waals surface area contributed by atoms with Gasteiger partial charge >= 0.3 is 0 Å². The van der Waals surface area contributed by atoms with Crippen molar-refractivity contribution in [3.63, 3.8) is 0 Å². The molecule has 0 aliphatic heterocycles. The van der Waals surface area contributed by atoms with Crippen LogP contribution in [0, 0.1) is 6.92 Å². The minimum absolute atomic E-state index is 0.791. The van der Waals surface area contributed by atoms with Gasteiger partial charge in [-0.3, -0.25) is 0 Å². The van der Waals surface area contributed by atoms with E-state index in [2.05, 4.69) is 59.3 Å². The van der Waals surface area contributed by atoms with E-state index in [1.165, 1.54) is 22.3 Å². The van der Waals surface area contributed by atoms with Gasteiger partial charge in [0.25, 0.3) is 0 Å². The van der Waals surface area contributed by atoms with Crippen LogP contribution < -0.4 is 0 Å². The molecule has 1 heterocycles. The maximum Gasteiger partial charge on any atom is 0.175 e. The molecule has 0 saturated carbocycles. The fraction of sp³-hybridized carbons (Fsp3) is 0.353. The Morgan fingerprint density at radius 2 is 2.05 bits per heavy atom. The predicted molar refractivity (Wildman–Crippen MR) is 91.1 cm³/mol. The lowest BCUT2D eigenvalue weighted by molar-refractivity contribution is 0.891. The molecule has 106 valence electrons. The Kier molecular flexibility index (Phi) is 4.81. The van der Waals surface area contributed by atoms with Crippen LogP contribution in [0.4, 0.5) is 0 Å². The maximum absolute atomic E-state index is 4.60. The van der Waals surface area contributed by atoms with Crippen molar-refractivity contribution < 1.29 is 0 Å². The summed E-state index contributed by atoms with van der Waals surface area (Å²) in [6.45, 7) is 10.4. The Balaban J connectivity index is 2.86. The molecule has 2 aromatic rings. The Bertz CT molecular complexity index is 665. The van der Waals surface area contributed by atoms with Crippen molar-refractivity contribution >= 4 is 33.0 Å². The van der Waals surface area contributed by atoms with Gasteiger partial charge in [0, 0.05) is 5.56 Å². The van der Waals surface area contributed by atoms with Crippen molar-refractivity contribution in [3.8, 4) is 0 Å². The summed E-state index contributed by atoms with van der Waals surface area (Å²) in [7, 11) is 0. The number of aryl methyl sites for hydroxylation is 1. The number of hydrogen-bond acceptors (Lipinski definition) is 1. The summed E-state index contributed by atoms with van der Waals surface area (Å²) in [5, 5.41) is 0. The molecule has 0 unspecified atom stereocenters. The molecule has 1 aromatic carbocycles. The van der Waals surface area contributed by atoms with Crippen LogP contribution in [-0.2, 0) is 12.8 Å². The van der Waals surface area contributed by atoms with Crippen LogP contribution in [-0.4, -0.2) is 9.97 Å². The van der Waals surface area contributed by atoms with Gasteiger partial charge in [-0.2, -0.15) is 0 Å². The molecule has 0 fully saturated rings. The van der Waals surface area contributed by atoms with Gasteiger partial charge in [-0.1, -0.05) is 45.1 Å². The van der Waals surface area contributed by atoms with Gasteiger partial charge in [0.1, 0.15) is 0 Å². The second-order valence-corrected chi connectivity index (χ2v) is 5.70. The van der Waals surface area contributed by atoms with Crippen LogP contribution in [0.1, 0.15) is 42.5 Å². The number of imidazole rings is 1. The van der Waals surface area contributed by atoms with Crippen molar-refractivity contribution in [2.45, 2.75) is 40.0 Å². The number of H-pyrrole nitrogens is 1. The first-order chi connectivity index (χ1) is 9.63. The second kappa shape index (κ2) is 6.40. The van der Waals surface area contributed by atoms with Crippen LogP contribution in [0.2, 0.25) is 0 Å². The summed E-state index contributed by atoms with van der Waals surface area (Å²) in [4.78, 5) is 7.94. The zero-order valence-corrected chi connectivity index (χ0v) is 14.0. The molecule has 2 nitrogen and oxygen atoms in total. The highest BCUT2D eigenvalue weighted by Crippen LogP contribution is 2.32. The van der Waals surface area contributed by atoms with E-state index in [1.807, 2.05) is 12.2 Å². The van der Waals surface area contributed by atoms with Crippen molar-refractivity contribution in [2.24, 2.45) is 0 Å². The topological polar surface area (TPSA) is 28.7 Å². The number of allylic oxidation sites excluding steroid dienone is 2. The third-order valence-corrected chi connectivity index (χ3v) is 4.07. The number of nitrogens with zero attached hydrogens (tertiary/aromatic N) is 1. The Labute approximate surface area is 129 Å². The van der Waals surface area contributed by atoms with Gasteiger partial charge in [0.15, 0.2) is 4.73 Å². The molecule has 0 saturated heterocycles. The van der Waals surface area contributed by atoms with Gasteiger partial charge in [0.05, 0.1) is 11.0 Å². The van der Waals surface area contributed by atoms with E-state index in [4.69, 9.17) is 0 Å². The average Bonchev–Trinajstić information content (AvgIpc) is 2.82. The molecule has 0 bridgehead atoms. The van der Waals surface area contributed by atoms with E-state index in [-0.39, 0.29) is 0 Å². The fourth-order valence-electron chi connectivity index (χ4n) is 2.83. The number of halogens is 1. The highest BCUT2D eigenvalue weighted by molar-refractivity contribution is 9.10. The van der Waals surface area contributed by atoms with Crippen LogP contribution in [0.25, 0.3) is 17.1 Å². The lowest BCUT2D eigenvalue weighted by atomic mass is 9.90. The van der Waals surface area contributed by atoms with Crippen LogP contribution in [0.3, 0.4) is 0 Å². The first-order valence-electron chi connectivity index (χ1n) is 7.12. The molecule has 0 aliphatic rings. The summed E-state index contributed by atoms with van der Waals surface area (Å²) in [5.41, 5.74) is 7.60. The molecule has 0 radical (unpaired) electrons. The van der Waals surface area contributed by atoms with Gasteiger partial charge in [0.2, 0.25) is 0 Å². The van der Waals surface area contributed by atoms with E-state index in [0.717, 1.165) is 35.0 Å². The highest BCUT2D eigenvalue weighted by Gasteiger charge is 2.16. The van der Waals surface area contributed by atoms with Crippen molar-refractivity contribution in [1.82, 2.24) is 9.97 Å². The SMILES string of the molecule is C=CC=Cc1c(CC)c(CCC)c(C)c2nc(Br)[nH]c12. The van der Waals surface area contributed by atoms with Gasteiger partial charge in [-0.25, -0.2) is 4.98 Å². The van der Waals surface area contributed by atoms with Crippen molar-refractivity contribution in [1.29, 1.82) is 0 Å². The third-order valence-electron chi connectivity index (χ3n) is 3.69. The quantitative estimate of drug-likeness (QED) is 0.734. The summed E-state index contributed by atoms with van der Waals surface area (Å²) in [6, 6.07) is 0. The summed E-state index contributed by atoms with van der Waals surface area (Å²) < 4.78 is 0.791. The molecule has 0 spiro atoms. The number of hydrogen-bond donors (Lipinski definition) is 1. The zero-order valence-electron chi connectivity index (χ0n) is 12.4. The lowest BCUT2D eigenvalue weighted by Gasteiger charge is -2.15. The van der Waals surface area contributed by atoms with E-state index in [1.54, 1.807) is 0 Å². The number of nitrogens with one attached hydrogen (secondary N) is 1. The number of rotatable bonds is 5. The monoisotopic (exact) mass is 332 g/mol. The van der Waals surface area contributed by atoms with Crippen molar-refractivity contribution in [2.75, 3.05) is 0 Å². The fourth-order valence-corrected chi connectivity index (χ4v) is 3.21. The number of aromatic amines is 1. The second-order valence-electron chi connectivity index (χ2n) is 4.95. The molecular weight excluding hydrogens is 312 g/mol. The summed E-state index contributed by atoms with van der Waals surface area (Å²) in [6.07, 6.45) is 9.22. The highest BCUT2D eigenvalue weighted by atomic mass is 79.9. The minimum atomic E-state index is 0.791. The molecule has 20 heavy (non-hydrogen) atoms. The molecule has 0 atom stereocenters. The van der Waals surface area contributed by atoms with Gasteiger partial charge in [-0.05, 0) is 52.4 Å². The van der Waals surface area contributed by atoms with E-state index >= 15 is 0 Å². The molecular formula is C17H21BrN2. The van der Waals surface area contributed by atoms with Crippen molar-refractivity contribution in [3.05, 3.63) is 45.7 Å². The van der Waals surface area contributed by atoms with E-state index < -0.39 is 0 Å². The molecule has 3 heteroatoms. The number of fused-ring (bicyclic) bond motifs is 1. The number of benzene rings is 1. The smallest absolute Gasteiger partial charge is 0.175 e. The molecule has 0 amide bonds. The molecule has 2 rings (SSSR count). The zero-order chi connectivity index (χ0) is 14.7. The van der Waals surface area contributed by atoms with Gasteiger partial charge < -0.3 is 4.98 Å². The van der Waals surface area contributed by atoms with E-state index in [0.29, 0.717) is 0 Å². The summed E-state index contributed by atoms with van der Waals surface area (Å²) >= 11 is 3.46.